The molecule has 29 heavy (non-hydrogen) atoms. The number of esters is 1. The van der Waals surface area contributed by atoms with Crippen LogP contribution in [0, 0.1) is 0 Å². The van der Waals surface area contributed by atoms with Gasteiger partial charge in [0.15, 0.2) is 0 Å². The summed E-state index contributed by atoms with van der Waals surface area (Å²) < 4.78 is 6.21. The van der Waals surface area contributed by atoms with Gasteiger partial charge in [-0.25, -0.2) is 9.59 Å². The lowest BCUT2D eigenvalue weighted by Gasteiger charge is -2.29. The fourth-order valence-corrected chi connectivity index (χ4v) is 4.05. The standard InChI is InChI=1S/C21H17BrClN3O3/c1-2-29-20(27)17-18(12-5-3-4-6-15(12)23)25-21(28)26-19(17)14-10-24-16-8-7-11(22)9-13(14)16/h3-10,19,24H,2H2,1H3,(H2,25,26,28). The van der Waals surface area contributed by atoms with Gasteiger partial charge in [0.1, 0.15) is 0 Å². The Morgan fingerprint density at radius 1 is 1.24 bits per heavy atom. The first-order valence-electron chi connectivity index (χ1n) is 8.99. The van der Waals surface area contributed by atoms with Crippen LogP contribution >= 0.6 is 27.5 Å². The van der Waals surface area contributed by atoms with E-state index < -0.39 is 18.0 Å². The van der Waals surface area contributed by atoms with Crippen LogP contribution in [0.25, 0.3) is 16.6 Å². The van der Waals surface area contributed by atoms with E-state index in [1.165, 1.54) is 0 Å². The van der Waals surface area contributed by atoms with Crippen molar-refractivity contribution < 1.29 is 14.3 Å². The number of hydrogen-bond acceptors (Lipinski definition) is 3. The van der Waals surface area contributed by atoms with Gasteiger partial charge in [0.25, 0.3) is 0 Å². The minimum absolute atomic E-state index is 0.207. The van der Waals surface area contributed by atoms with E-state index in [-0.39, 0.29) is 6.61 Å². The molecule has 8 heteroatoms. The number of carbonyl (C=O) groups excluding carboxylic acids is 2. The number of ether oxygens (including phenoxy) is 1. The summed E-state index contributed by atoms with van der Waals surface area (Å²) in [6.07, 6.45) is 1.79. The average Bonchev–Trinajstić information content (AvgIpc) is 3.10. The molecule has 0 spiro atoms. The fraction of sp³-hybridized carbons (Fsp3) is 0.143. The Bertz CT molecular complexity index is 1160. The minimum atomic E-state index is -0.711. The van der Waals surface area contributed by atoms with Crippen molar-refractivity contribution in [2.45, 2.75) is 13.0 Å². The van der Waals surface area contributed by atoms with Gasteiger partial charge in [-0.05, 0) is 31.2 Å². The number of H-pyrrole nitrogens is 1. The summed E-state index contributed by atoms with van der Waals surface area (Å²) in [6, 6.07) is 11.7. The molecular weight excluding hydrogens is 458 g/mol. The van der Waals surface area contributed by atoms with Gasteiger partial charge in [0, 0.05) is 37.7 Å². The second kappa shape index (κ2) is 7.93. The van der Waals surface area contributed by atoms with E-state index in [0.29, 0.717) is 21.9 Å². The van der Waals surface area contributed by atoms with Gasteiger partial charge in [-0.3, -0.25) is 0 Å². The summed E-state index contributed by atoms with van der Waals surface area (Å²) in [6.45, 7) is 1.94. The summed E-state index contributed by atoms with van der Waals surface area (Å²) in [5.41, 5.74) is 2.83. The first-order chi connectivity index (χ1) is 14.0. The summed E-state index contributed by atoms with van der Waals surface area (Å²) in [4.78, 5) is 28.7. The Hall–Kier alpha value is -2.77. The van der Waals surface area contributed by atoms with Crippen molar-refractivity contribution in [2.75, 3.05) is 6.61 Å². The largest absolute Gasteiger partial charge is 0.463 e. The summed E-state index contributed by atoms with van der Waals surface area (Å²) in [5, 5.41) is 6.90. The molecule has 2 amide bonds. The summed E-state index contributed by atoms with van der Waals surface area (Å²) in [5.74, 6) is -0.524. The van der Waals surface area contributed by atoms with Gasteiger partial charge in [0.05, 0.1) is 23.9 Å². The molecule has 1 aromatic heterocycles. The van der Waals surface area contributed by atoms with E-state index in [9.17, 15) is 9.59 Å². The van der Waals surface area contributed by atoms with Gasteiger partial charge in [-0.15, -0.1) is 0 Å². The number of nitrogens with one attached hydrogen (secondary N) is 3. The highest BCUT2D eigenvalue weighted by Crippen LogP contribution is 2.37. The zero-order valence-electron chi connectivity index (χ0n) is 15.4. The maximum Gasteiger partial charge on any atom is 0.338 e. The van der Waals surface area contributed by atoms with Crippen molar-refractivity contribution >= 4 is 56.1 Å². The number of aromatic amines is 1. The van der Waals surface area contributed by atoms with Crippen LogP contribution < -0.4 is 10.6 Å². The number of carbonyl (C=O) groups is 2. The molecule has 0 aliphatic carbocycles. The number of benzene rings is 2. The van der Waals surface area contributed by atoms with Gasteiger partial charge in [-0.2, -0.15) is 0 Å². The second-order valence-electron chi connectivity index (χ2n) is 6.45. The molecule has 2 heterocycles. The number of halogens is 2. The topological polar surface area (TPSA) is 83.2 Å². The maximum atomic E-state index is 13.0. The molecule has 3 N–H and O–H groups in total. The average molecular weight is 475 g/mol. The molecule has 4 rings (SSSR count). The van der Waals surface area contributed by atoms with E-state index in [0.717, 1.165) is 20.9 Å². The van der Waals surface area contributed by atoms with Crippen molar-refractivity contribution in [3.63, 3.8) is 0 Å². The molecule has 1 unspecified atom stereocenters. The Kier molecular flexibility index (Phi) is 5.34. The molecule has 6 nitrogen and oxygen atoms in total. The molecular formula is C21H17BrClN3O3. The quantitative estimate of drug-likeness (QED) is 0.470. The van der Waals surface area contributed by atoms with E-state index in [1.807, 2.05) is 18.2 Å². The molecule has 1 aliphatic rings. The maximum absolute atomic E-state index is 13.0. The Morgan fingerprint density at radius 2 is 2.03 bits per heavy atom. The third kappa shape index (κ3) is 3.63. The molecule has 2 aromatic carbocycles. The second-order valence-corrected chi connectivity index (χ2v) is 7.78. The van der Waals surface area contributed by atoms with E-state index >= 15 is 0 Å². The fourth-order valence-electron chi connectivity index (χ4n) is 3.46. The van der Waals surface area contributed by atoms with Gasteiger partial charge in [0.2, 0.25) is 0 Å². The Balaban J connectivity index is 1.97. The normalized spacial score (nSPS) is 16.5. The highest BCUT2D eigenvalue weighted by Gasteiger charge is 2.36. The van der Waals surface area contributed by atoms with Crippen molar-refractivity contribution in [3.8, 4) is 0 Å². The lowest BCUT2D eigenvalue weighted by molar-refractivity contribution is -0.138. The Labute approximate surface area is 180 Å². The molecule has 0 saturated heterocycles. The lowest BCUT2D eigenvalue weighted by Crippen LogP contribution is -2.45. The van der Waals surface area contributed by atoms with Crippen molar-refractivity contribution in [1.29, 1.82) is 0 Å². The van der Waals surface area contributed by atoms with Gasteiger partial charge < -0.3 is 20.4 Å². The van der Waals surface area contributed by atoms with Crippen molar-refractivity contribution in [3.05, 3.63) is 74.9 Å². The molecule has 0 bridgehead atoms. The van der Waals surface area contributed by atoms with Crippen LogP contribution in [0.5, 0.6) is 0 Å². The van der Waals surface area contributed by atoms with E-state index in [1.54, 1.807) is 37.4 Å². The molecule has 0 saturated carbocycles. The highest BCUT2D eigenvalue weighted by atomic mass is 79.9. The van der Waals surface area contributed by atoms with E-state index in [2.05, 4.69) is 31.5 Å². The van der Waals surface area contributed by atoms with E-state index in [4.69, 9.17) is 16.3 Å². The Morgan fingerprint density at radius 3 is 2.79 bits per heavy atom. The first kappa shape index (κ1) is 19.5. The van der Waals surface area contributed by atoms with Crippen LogP contribution in [-0.4, -0.2) is 23.6 Å². The predicted molar refractivity (Wildman–Crippen MR) is 115 cm³/mol. The van der Waals surface area contributed by atoms with Crippen LogP contribution in [0.2, 0.25) is 5.02 Å². The zero-order chi connectivity index (χ0) is 20.5. The minimum Gasteiger partial charge on any atom is -0.463 e. The van der Waals surface area contributed by atoms with Crippen molar-refractivity contribution in [1.82, 2.24) is 15.6 Å². The third-order valence-corrected chi connectivity index (χ3v) is 5.52. The third-order valence-electron chi connectivity index (χ3n) is 4.70. The smallest absolute Gasteiger partial charge is 0.338 e. The summed E-state index contributed by atoms with van der Waals surface area (Å²) in [7, 11) is 0. The van der Waals surface area contributed by atoms with Gasteiger partial charge in [-0.1, -0.05) is 45.7 Å². The van der Waals surface area contributed by atoms with Crippen LogP contribution in [-0.2, 0) is 9.53 Å². The predicted octanol–water partition coefficient (Wildman–Crippen LogP) is 4.91. The lowest BCUT2D eigenvalue weighted by atomic mass is 9.92. The monoisotopic (exact) mass is 473 g/mol. The molecule has 148 valence electrons. The number of fused-ring (bicyclic) bond motifs is 1. The molecule has 0 radical (unpaired) electrons. The highest BCUT2D eigenvalue weighted by molar-refractivity contribution is 9.10. The number of hydrogen-bond donors (Lipinski definition) is 3. The summed E-state index contributed by atoms with van der Waals surface area (Å²) >= 11 is 9.85. The molecule has 0 fully saturated rings. The number of aromatic nitrogens is 1. The molecule has 1 aliphatic heterocycles. The number of rotatable bonds is 4. The first-order valence-corrected chi connectivity index (χ1v) is 10.2. The van der Waals surface area contributed by atoms with Gasteiger partial charge >= 0.3 is 12.0 Å². The van der Waals surface area contributed by atoms with Crippen LogP contribution in [0.1, 0.15) is 24.1 Å². The van der Waals surface area contributed by atoms with Crippen LogP contribution in [0.15, 0.2) is 58.7 Å². The van der Waals surface area contributed by atoms with Crippen LogP contribution in [0.4, 0.5) is 4.79 Å². The SMILES string of the molecule is CCOC(=O)C1=C(c2ccccc2Cl)NC(=O)NC1c1c[nH]c2ccc(Br)cc12. The molecule has 3 aromatic rings. The van der Waals surface area contributed by atoms with Crippen LogP contribution in [0.3, 0.4) is 0 Å². The zero-order valence-corrected chi connectivity index (χ0v) is 17.7. The molecule has 1 atom stereocenters. The number of urea groups is 1. The number of amides is 2. The van der Waals surface area contributed by atoms with Crippen molar-refractivity contribution in [2.24, 2.45) is 0 Å².